The first kappa shape index (κ1) is 9.74. The third-order valence-corrected chi connectivity index (χ3v) is 2.03. The lowest BCUT2D eigenvalue weighted by Gasteiger charge is -1.99. The Labute approximate surface area is 81.8 Å². The summed E-state index contributed by atoms with van der Waals surface area (Å²) in [6, 6.07) is 1.86. The molecule has 0 radical (unpaired) electrons. The minimum absolute atomic E-state index is 0.115. The van der Waals surface area contributed by atoms with Crippen LogP contribution in [0, 0.1) is 11.3 Å². The molecule has 0 fully saturated rings. The van der Waals surface area contributed by atoms with Crippen molar-refractivity contribution in [3.05, 3.63) is 31.5 Å². The van der Waals surface area contributed by atoms with Crippen molar-refractivity contribution in [2.45, 2.75) is 13.0 Å². The van der Waals surface area contributed by atoms with Crippen LogP contribution in [0.5, 0.6) is 0 Å². The van der Waals surface area contributed by atoms with Crippen LogP contribution < -0.4 is 11.2 Å². The molecule has 0 saturated heterocycles. The highest BCUT2D eigenvalue weighted by atomic mass is 79.9. The molecule has 0 aliphatic heterocycles. The fourth-order valence-electron chi connectivity index (χ4n) is 0.851. The summed E-state index contributed by atoms with van der Waals surface area (Å²) in [5.41, 5.74) is -0.914. The van der Waals surface area contributed by atoms with Gasteiger partial charge in [0.2, 0.25) is 0 Å². The largest absolute Gasteiger partial charge is 0.328 e. The summed E-state index contributed by atoms with van der Waals surface area (Å²) in [4.78, 5) is 24.7. The molecule has 0 atom stereocenters. The van der Waals surface area contributed by atoms with Crippen molar-refractivity contribution in [2.75, 3.05) is 0 Å². The van der Waals surface area contributed by atoms with Gasteiger partial charge in [-0.15, -0.1) is 0 Å². The van der Waals surface area contributed by atoms with E-state index in [1.54, 1.807) is 0 Å². The number of nitrogens with zero attached hydrogens (tertiary/aromatic N) is 2. The molecule has 0 aromatic carbocycles. The number of hydrogen-bond acceptors (Lipinski definition) is 3. The smallest absolute Gasteiger partial charge is 0.313 e. The summed E-state index contributed by atoms with van der Waals surface area (Å²) in [5, 5.41) is 8.29. The summed E-state index contributed by atoms with van der Waals surface area (Å²) < 4.78 is 1.26. The maximum atomic E-state index is 11.3. The molecule has 1 N–H and O–H groups in total. The second kappa shape index (κ2) is 4.05. The molecule has 0 unspecified atom stereocenters. The molecule has 0 amide bonds. The van der Waals surface area contributed by atoms with E-state index in [1.165, 1.54) is 6.20 Å². The molecule has 0 spiro atoms. The van der Waals surface area contributed by atoms with Gasteiger partial charge in [0.25, 0.3) is 5.56 Å². The number of halogens is 1. The van der Waals surface area contributed by atoms with Crippen LogP contribution in [0.2, 0.25) is 0 Å². The first-order chi connectivity index (χ1) is 6.16. The zero-order valence-electron chi connectivity index (χ0n) is 6.58. The number of aromatic nitrogens is 2. The monoisotopic (exact) mass is 243 g/mol. The predicted octanol–water partition coefficient (Wildman–Crippen LogP) is 0.213. The Morgan fingerprint density at radius 2 is 2.31 bits per heavy atom. The molecule has 1 aromatic heterocycles. The molecule has 0 aliphatic carbocycles. The lowest BCUT2D eigenvalue weighted by Crippen LogP contribution is -2.34. The van der Waals surface area contributed by atoms with Gasteiger partial charge in [0.1, 0.15) is 0 Å². The third kappa shape index (κ3) is 2.06. The Kier molecular flexibility index (Phi) is 3.03. The first-order valence-electron chi connectivity index (χ1n) is 3.52. The summed E-state index contributed by atoms with van der Waals surface area (Å²) in [5.74, 6) is 0. The van der Waals surface area contributed by atoms with Gasteiger partial charge < -0.3 is 4.98 Å². The highest BCUT2D eigenvalue weighted by Gasteiger charge is 2.03. The van der Waals surface area contributed by atoms with E-state index >= 15 is 0 Å². The Hall–Kier alpha value is -1.35. The van der Waals surface area contributed by atoms with Crippen LogP contribution in [0.1, 0.15) is 6.42 Å². The van der Waals surface area contributed by atoms with E-state index in [4.69, 9.17) is 5.26 Å². The van der Waals surface area contributed by atoms with Crippen molar-refractivity contribution in [3.63, 3.8) is 0 Å². The standard InChI is InChI=1S/C7H6BrN3O2/c8-5-4-10-7(13)11(6(5)12)3-1-2-9/h4H,1,3H2,(H,10,13). The van der Waals surface area contributed by atoms with Gasteiger partial charge in [0, 0.05) is 12.7 Å². The van der Waals surface area contributed by atoms with E-state index in [0.29, 0.717) is 0 Å². The molecular weight excluding hydrogens is 238 g/mol. The van der Waals surface area contributed by atoms with Crippen LogP contribution in [0.4, 0.5) is 0 Å². The number of hydrogen-bond donors (Lipinski definition) is 1. The Bertz CT molecular complexity index is 454. The minimum Gasteiger partial charge on any atom is -0.313 e. The maximum absolute atomic E-state index is 11.3. The summed E-state index contributed by atoms with van der Waals surface area (Å²) in [7, 11) is 0. The molecule has 5 nitrogen and oxygen atoms in total. The molecule has 6 heteroatoms. The van der Waals surface area contributed by atoms with Gasteiger partial charge in [0.15, 0.2) is 0 Å². The van der Waals surface area contributed by atoms with Crippen molar-refractivity contribution >= 4 is 15.9 Å². The van der Waals surface area contributed by atoms with Gasteiger partial charge >= 0.3 is 5.69 Å². The van der Waals surface area contributed by atoms with Crippen molar-refractivity contribution in [1.29, 1.82) is 5.26 Å². The Morgan fingerprint density at radius 3 is 2.92 bits per heavy atom. The summed E-state index contributed by atoms with van der Waals surface area (Å²) in [6.07, 6.45) is 1.42. The highest BCUT2D eigenvalue weighted by Crippen LogP contribution is 1.96. The average molecular weight is 244 g/mol. The summed E-state index contributed by atoms with van der Waals surface area (Å²) >= 11 is 2.99. The molecule has 1 heterocycles. The van der Waals surface area contributed by atoms with Crippen LogP contribution in [0.15, 0.2) is 20.3 Å². The van der Waals surface area contributed by atoms with Gasteiger partial charge in [-0.05, 0) is 15.9 Å². The number of aromatic amines is 1. The van der Waals surface area contributed by atoms with E-state index in [0.717, 1.165) is 4.57 Å². The zero-order chi connectivity index (χ0) is 9.84. The molecule has 0 aliphatic rings. The van der Waals surface area contributed by atoms with Crippen molar-refractivity contribution in [3.8, 4) is 6.07 Å². The Balaban J connectivity index is 3.20. The first-order valence-corrected chi connectivity index (χ1v) is 4.31. The van der Waals surface area contributed by atoms with E-state index in [1.807, 2.05) is 6.07 Å². The predicted molar refractivity (Wildman–Crippen MR) is 49.3 cm³/mol. The average Bonchev–Trinajstić information content (AvgIpc) is 2.12. The maximum Gasteiger partial charge on any atom is 0.328 e. The van der Waals surface area contributed by atoms with Gasteiger partial charge in [-0.2, -0.15) is 5.26 Å². The molecule has 0 bridgehead atoms. The molecule has 13 heavy (non-hydrogen) atoms. The van der Waals surface area contributed by atoms with Crippen molar-refractivity contribution in [2.24, 2.45) is 0 Å². The topological polar surface area (TPSA) is 78.7 Å². The minimum atomic E-state index is -0.497. The van der Waals surface area contributed by atoms with Crippen LogP contribution in [0.3, 0.4) is 0 Å². The summed E-state index contributed by atoms with van der Waals surface area (Å²) in [6.45, 7) is 0.115. The zero-order valence-corrected chi connectivity index (χ0v) is 8.17. The second-order valence-corrected chi connectivity index (χ2v) is 3.16. The van der Waals surface area contributed by atoms with E-state index < -0.39 is 11.2 Å². The highest BCUT2D eigenvalue weighted by molar-refractivity contribution is 9.10. The third-order valence-electron chi connectivity index (χ3n) is 1.46. The molecule has 0 saturated carbocycles. The quantitative estimate of drug-likeness (QED) is 0.807. The molecule has 1 rings (SSSR count). The van der Waals surface area contributed by atoms with Crippen molar-refractivity contribution < 1.29 is 0 Å². The number of nitriles is 1. The fraction of sp³-hybridized carbons (Fsp3) is 0.286. The number of nitrogens with one attached hydrogen (secondary N) is 1. The van der Waals surface area contributed by atoms with E-state index in [-0.39, 0.29) is 17.4 Å². The van der Waals surface area contributed by atoms with E-state index in [9.17, 15) is 9.59 Å². The number of rotatable bonds is 2. The SMILES string of the molecule is N#CCCn1c(=O)[nH]cc(Br)c1=O. The lowest BCUT2D eigenvalue weighted by atomic mass is 10.4. The molecule has 68 valence electrons. The normalized spacial score (nSPS) is 9.54. The van der Waals surface area contributed by atoms with Crippen LogP contribution in [-0.2, 0) is 6.54 Å². The van der Waals surface area contributed by atoms with Crippen LogP contribution >= 0.6 is 15.9 Å². The number of H-pyrrole nitrogens is 1. The van der Waals surface area contributed by atoms with Crippen molar-refractivity contribution in [1.82, 2.24) is 9.55 Å². The van der Waals surface area contributed by atoms with Crippen LogP contribution in [0.25, 0.3) is 0 Å². The fourth-order valence-corrected chi connectivity index (χ4v) is 1.18. The second-order valence-electron chi connectivity index (χ2n) is 2.31. The lowest BCUT2D eigenvalue weighted by molar-refractivity contribution is 0.637. The van der Waals surface area contributed by atoms with Gasteiger partial charge in [-0.25, -0.2) is 4.79 Å². The van der Waals surface area contributed by atoms with E-state index in [2.05, 4.69) is 20.9 Å². The molecular formula is C7H6BrN3O2. The molecule has 1 aromatic rings. The Morgan fingerprint density at radius 1 is 1.62 bits per heavy atom. The van der Waals surface area contributed by atoms with Crippen LogP contribution in [-0.4, -0.2) is 9.55 Å². The van der Waals surface area contributed by atoms with Gasteiger partial charge in [-0.1, -0.05) is 0 Å². The van der Waals surface area contributed by atoms with Gasteiger partial charge in [0.05, 0.1) is 17.0 Å². The van der Waals surface area contributed by atoms with Gasteiger partial charge in [-0.3, -0.25) is 9.36 Å².